The summed E-state index contributed by atoms with van der Waals surface area (Å²) in [5.41, 5.74) is 2.53. The number of nitrogens with zero attached hydrogens (tertiary/aromatic N) is 2. The lowest BCUT2D eigenvalue weighted by atomic mass is 9.94. The van der Waals surface area contributed by atoms with E-state index in [2.05, 4.69) is 43.0 Å². The maximum absolute atomic E-state index is 12.4. The van der Waals surface area contributed by atoms with E-state index < -0.39 is 0 Å². The fourth-order valence-corrected chi connectivity index (χ4v) is 3.05. The molecule has 0 N–H and O–H groups in total. The van der Waals surface area contributed by atoms with Crippen molar-refractivity contribution in [2.24, 2.45) is 5.92 Å². The first kappa shape index (κ1) is 18.0. The molecule has 4 nitrogen and oxygen atoms in total. The quantitative estimate of drug-likeness (QED) is 0.808. The third-order valence-electron chi connectivity index (χ3n) is 4.80. The van der Waals surface area contributed by atoms with E-state index in [1.165, 1.54) is 11.1 Å². The topological polar surface area (TPSA) is 32.8 Å². The third-order valence-corrected chi connectivity index (χ3v) is 4.80. The molecule has 0 bridgehead atoms. The van der Waals surface area contributed by atoms with Gasteiger partial charge in [0.25, 0.3) is 0 Å². The summed E-state index contributed by atoms with van der Waals surface area (Å²) in [6.07, 6.45) is 1.94. The molecular weight excluding hydrogens is 288 g/mol. The van der Waals surface area contributed by atoms with Crippen molar-refractivity contribution in [1.29, 1.82) is 0 Å². The van der Waals surface area contributed by atoms with Crippen LogP contribution in [0.3, 0.4) is 0 Å². The molecule has 0 radical (unpaired) electrons. The van der Waals surface area contributed by atoms with Gasteiger partial charge in [-0.1, -0.05) is 24.3 Å². The predicted molar refractivity (Wildman–Crippen MR) is 93.1 cm³/mol. The average Bonchev–Trinajstić information content (AvgIpc) is 2.56. The Balaban J connectivity index is 1.81. The summed E-state index contributed by atoms with van der Waals surface area (Å²) in [7, 11) is 3.64. The van der Waals surface area contributed by atoms with Crippen LogP contribution in [-0.4, -0.2) is 49.0 Å². The smallest absolute Gasteiger partial charge is 0.225 e. The Labute approximate surface area is 140 Å². The second-order valence-corrected chi connectivity index (χ2v) is 6.84. The molecule has 1 heterocycles. The van der Waals surface area contributed by atoms with Crippen LogP contribution in [0, 0.1) is 5.92 Å². The van der Waals surface area contributed by atoms with Crippen LogP contribution in [0.25, 0.3) is 0 Å². The minimum absolute atomic E-state index is 0.197. The van der Waals surface area contributed by atoms with Crippen LogP contribution in [0.1, 0.15) is 37.8 Å². The molecule has 0 unspecified atom stereocenters. The SMILES string of the molecule is COCc1ccc(CN2CCC(C(=O)N(C)C(C)C)CC2)cc1. The summed E-state index contributed by atoms with van der Waals surface area (Å²) in [5, 5.41) is 0. The van der Waals surface area contributed by atoms with Gasteiger partial charge in [0.1, 0.15) is 0 Å². The number of carbonyl (C=O) groups is 1. The summed E-state index contributed by atoms with van der Waals surface area (Å²) in [4.78, 5) is 16.7. The van der Waals surface area contributed by atoms with Crippen molar-refractivity contribution in [3.05, 3.63) is 35.4 Å². The van der Waals surface area contributed by atoms with Gasteiger partial charge in [-0.25, -0.2) is 0 Å². The minimum atomic E-state index is 0.197. The fourth-order valence-electron chi connectivity index (χ4n) is 3.05. The van der Waals surface area contributed by atoms with E-state index in [1.54, 1.807) is 7.11 Å². The van der Waals surface area contributed by atoms with Gasteiger partial charge in [0.05, 0.1) is 6.61 Å². The van der Waals surface area contributed by atoms with Crippen molar-refractivity contribution < 1.29 is 9.53 Å². The molecule has 23 heavy (non-hydrogen) atoms. The number of amides is 1. The molecule has 1 fully saturated rings. The predicted octanol–water partition coefficient (Wildman–Crippen LogP) is 2.91. The molecule has 0 atom stereocenters. The van der Waals surface area contributed by atoms with E-state index >= 15 is 0 Å². The van der Waals surface area contributed by atoms with Gasteiger partial charge in [-0.2, -0.15) is 0 Å². The first-order valence-corrected chi connectivity index (χ1v) is 8.57. The maximum atomic E-state index is 12.4. The number of rotatable bonds is 6. The highest BCUT2D eigenvalue weighted by Gasteiger charge is 2.27. The van der Waals surface area contributed by atoms with Crippen LogP contribution in [0.2, 0.25) is 0 Å². The lowest BCUT2D eigenvalue weighted by molar-refractivity contribution is -0.137. The summed E-state index contributed by atoms with van der Waals surface area (Å²) >= 11 is 0. The molecular formula is C19H30N2O2. The van der Waals surface area contributed by atoms with Crippen molar-refractivity contribution in [1.82, 2.24) is 9.80 Å². The Morgan fingerprint density at radius 2 is 1.78 bits per heavy atom. The van der Waals surface area contributed by atoms with E-state index in [1.807, 2.05) is 11.9 Å². The largest absolute Gasteiger partial charge is 0.380 e. The van der Waals surface area contributed by atoms with Crippen LogP contribution >= 0.6 is 0 Å². The second-order valence-electron chi connectivity index (χ2n) is 6.84. The molecule has 1 aliphatic rings. The zero-order valence-electron chi connectivity index (χ0n) is 14.9. The molecule has 1 aromatic rings. The molecule has 0 saturated carbocycles. The summed E-state index contributed by atoms with van der Waals surface area (Å²) in [5.74, 6) is 0.506. The van der Waals surface area contributed by atoms with Crippen molar-refractivity contribution in [2.75, 3.05) is 27.2 Å². The lowest BCUT2D eigenvalue weighted by Crippen LogP contribution is -2.43. The Hall–Kier alpha value is -1.39. The highest BCUT2D eigenvalue weighted by atomic mass is 16.5. The monoisotopic (exact) mass is 318 g/mol. The minimum Gasteiger partial charge on any atom is -0.380 e. The number of ether oxygens (including phenoxy) is 1. The van der Waals surface area contributed by atoms with Crippen LogP contribution in [-0.2, 0) is 22.7 Å². The van der Waals surface area contributed by atoms with Crippen LogP contribution < -0.4 is 0 Å². The highest BCUT2D eigenvalue weighted by molar-refractivity contribution is 5.78. The fraction of sp³-hybridized carbons (Fsp3) is 0.632. The van der Waals surface area contributed by atoms with Gasteiger partial charge in [-0.15, -0.1) is 0 Å². The highest BCUT2D eigenvalue weighted by Crippen LogP contribution is 2.21. The molecule has 1 aliphatic heterocycles. The number of benzene rings is 1. The Kier molecular flexibility index (Phi) is 6.60. The molecule has 1 amide bonds. The van der Waals surface area contributed by atoms with Gasteiger partial charge in [-0.3, -0.25) is 9.69 Å². The summed E-state index contributed by atoms with van der Waals surface area (Å²) in [6, 6.07) is 8.90. The van der Waals surface area contributed by atoms with Crippen molar-refractivity contribution in [3.8, 4) is 0 Å². The maximum Gasteiger partial charge on any atom is 0.225 e. The van der Waals surface area contributed by atoms with Gasteiger partial charge in [-0.05, 0) is 50.9 Å². The second kappa shape index (κ2) is 8.46. The number of piperidine rings is 1. The van der Waals surface area contributed by atoms with E-state index in [9.17, 15) is 4.79 Å². The molecule has 128 valence electrons. The van der Waals surface area contributed by atoms with Crippen LogP contribution in [0.15, 0.2) is 24.3 Å². The van der Waals surface area contributed by atoms with Crippen LogP contribution in [0.4, 0.5) is 0 Å². The number of carbonyl (C=O) groups excluding carboxylic acids is 1. The number of hydrogen-bond acceptors (Lipinski definition) is 3. The molecule has 2 rings (SSSR count). The van der Waals surface area contributed by atoms with Crippen molar-refractivity contribution in [3.63, 3.8) is 0 Å². The normalized spacial score (nSPS) is 16.7. The zero-order valence-corrected chi connectivity index (χ0v) is 14.9. The van der Waals surface area contributed by atoms with E-state index in [0.29, 0.717) is 12.5 Å². The average molecular weight is 318 g/mol. The number of likely N-dealkylation sites (tertiary alicyclic amines) is 1. The molecule has 4 heteroatoms. The zero-order chi connectivity index (χ0) is 16.8. The van der Waals surface area contributed by atoms with E-state index in [4.69, 9.17) is 4.74 Å². The molecule has 1 saturated heterocycles. The van der Waals surface area contributed by atoms with E-state index in [-0.39, 0.29) is 12.0 Å². The molecule has 0 aliphatic carbocycles. The first-order chi connectivity index (χ1) is 11.0. The summed E-state index contributed by atoms with van der Waals surface area (Å²) < 4.78 is 5.14. The van der Waals surface area contributed by atoms with E-state index in [0.717, 1.165) is 32.5 Å². The number of methoxy groups -OCH3 is 1. The van der Waals surface area contributed by atoms with Gasteiger partial charge >= 0.3 is 0 Å². The molecule has 0 spiro atoms. The standard InChI is InChI=1S/C19H30N2O2/c1-15(2)20(3)19(22)18-9-11-21(12-10-18)13-16-5-7-17(8-6-16)14-23-4/h5-8,15,18H,9-14H2,1-4H3. The lowest BCUT2D eigenvalue weighted by Gasteiger charge is -2.34. The molecule has 0 aromatic heterocycles. The summed E-state index contributed by atoms with van der Waals surface area (Å²) in [6.45, 7) is 7.77. The first-order valence-electron chi connectivity index (χ1n) is 8.57. The van der Waals surface area contributed by atoms with Gasteiger partial charge in [0.2, 0.25) is 5.91 Å². The van der Waals surface area contributed by atoms with Crippen LogP contribution in [0.5, 0.6) is 0 Å². The van der Waals surface area contributed by atoms with Gasteiger partial charge < -0.3 is 9.64 Å². The Morgan fingerprint density at radius 1 is 1.22 bits per heavy atom. The Morgan fingerprint density at radius 3 is 2.30 bits per heavy atom. The van der Waals surface area contributed by atoms with Gasteiger partial charge in [0, 0.05) is 32.7 Å². The van der Waals surface area contributed by atoms with Crippen molar-refractivity contribution in [2.45, 2.75) is 45.9 Å². The third kappa shape index (κ3) is 5.05. The molecule has 1 aromatic carbocycles. The Bertz CT molecular complexity index is 491. The van der Waals surface area contributed by atoms with Gasteiger partial charge in [0.15, 0.2) is 0 Å². The van der Waals surface area contributed by atoms with Crippen molar-refractivity contribution >= 4 is 5.91 Å². The number of hydrogen-bond donors (Lipinski definition) is 0.